The molecule has 0 N–H and O–H groups in total. The number of carbonyl (C=O) groups is 3. The lowest BCUT2D eigenvalue weighted by molar-refractivity contribution is -0.154. The van der Waals surface area contributed by atoms with Gasteiger partial charge in [-0.25, -0.2) is 17.6 Å². The number of carbonyl (C=O) groups excluding carboxylic acids is 3. The fourth-order valence-corrected chi connectivity index (χ4v) is 3.90. The molecule has 1 aromatic rings. The number of hydrogen-bond donors (Lipinski definition) is 0. The second kappa shape index (κ2) is 5.36. The van der Waals surface area contributed by atoms with Crippen LogP contribution in [0.1, 0.15) is 17.3 Å². The average molecular weight is 314 g/mol. The van der Waals surface area contributed by atoms with Gasteiger partial charge < -0.3 is 4.74 Å². The predicted octanol–water partition coefficient (Wildman–Crippen LogP) is 0.544. The van der Waals surface area contributed by atoms with Crippen LogP contribution in [0.25, 0.3) is 0 Å². The van der Waals surface area contributed by atoms with Crippen LogP contribution < -0.4 is 0 Å². The maximum atomic E-state index is 13.6. The van der Waals surface area contributed by atoms with Crippen molar-refractivity contribution < 1.29 is 31.9 Å². The molecule has 21 heavy (non-hydrogen) atoms. The van der Waals surface area contributed by atoms with Crippen molar-refractivity contribution in [3.8, 4) is 0 Å². The summed E-state index contributed by atoms with van der Waals surface area (Å²) in [5.74, 6) is -7.08. The van der Waals surface area contributed by atoms with Gasteiger partial charge in [-0.15, -0.1) is 0 Å². The molecule has 1 atom stereocenters. The summed E-state index contributed by atoms with van der Waals surface area (Å²) in [6.07, 6.45) is 0. The van der Waals surface area contributed by atoms with Crippen LogP contribution in [0.2, 0.25) is 0 Å². The van der Waals surface area contributed by atoms with Crippen molar-refractivity contribution >= 4 is 27.4 Å². The van der Waals surface area contributed by atoms with E-state index in [0.717, 1.165) is 12.1 Å². The van der Waals surface area contributed by atoms with Crippen molar-refractivity contribution in [2.24, 2.45) is 5.92 Å². The first-order chi connectivity index (χ1) is 9.79. The molecule has 112 valence electrons. The predicted molar refractivity (Wildman–Crippen MR) is 67.9 cm³/mol. The number of sulfone groups is 1. The minimum atomic E-state index is -4.17. The van der Waals surface area contributed by atoms with Gasteiger partial charge in [0.2, 0.25) is 0 Å². The molecule has 0 amide bonds. The average Bonchev–Trinajstić information content (AvgIpc) is 2.42. The van der Waals surface area contributed by atoms with Crippen LogP contribution >= 0.6 is 0 Å². The molecule has 8 heteroatoms. The Morgan fingerprint density at radius 1 is 1.38 bits per heavy atom. The summed E-state index contributed by atoms with van der Waals surface area (Å²) in [6.45, 7) is 1.39. The second-order valence-electron chi connectivity index (χ2n) is 4.40. The highest BCUT2D eigenvalue weighted by Gasteiger charge is 2.44. The Kier molecular flexibility index (Phi) is 3.91. The van der Waals surface area contributed by atoms with Crippen molar-refractivity contribution in [1.82, 2.24) is 0 Å². The van der Waals surface area contributed by atoms with Crippen LogP contribution in [0.15, 0.2) is 23.1 Å². The van der Waals surface area contributed by atoms with Crippen molar-refractivity contribution in [3.63, 3.8) is 0 Å². The summed E-state index contributed by atoms with van der Waals surface area (Å²) in [4.78, 5) is 34.6. The van der Waals surface area contributed by atoms with Crippen LogP contribution in [-0.2, 0) is 24.2 Å². The standard InChI is InChI=1S/C13H11FO6S/c1-2-20-13(17)11(16)8-6-21(18,19)12-7(10(8)15)4-3-5-9(12)14/h3-5,8H,2,6H2,1H3. The van der Waals surface area contributed by atoms with Gasteiger partial charge in [-0.05, 0) is 19.1 Å². The van der Waals surface area contributed by atoms with E-state index in [1.54, 1.807) is 0 Å². The first kappa shape index (κ1) is 15.3. The molecule has 2 rings (SSSR count). The van der Waals surface area contributed by atoms with E-state index in [1.807, 2.05) is 0 Å². The molecule has 0 radical (unpaired) electrons. The molecule has 0 fully saturated rings. The Bertz CT molecular complexity index is 737. The maximum absolute atomic E-state index is 13.6. The molecule has 1 aliphatic heterocycles. The van der Waals surface area contributed by atoms with Crippen molar-refractivity contribution in [2.45, 2.75) is 11.8 Å². The normalized spacial score (nSPS) is 19.7. The zero-order chi connectivity index (χ0) is 15.8. The van der Waals surface area contributed by atoms with Crippen molar-refractivity contribution in [1.29, 1.82) is 0 Å². The Labute approximate surface area is 119 Å². The van der Waals surface area contributed by atoms with Crippen LogP contribution in [0.3, 0.4) is 0 Å². The first-order valence-corrected chi connectivity index (χ1v) is 7.71. The lowest BCUT2D eigenvalue weighted by Crippen LogP contribution is -2.40. The number of hydrogen-bond acceptors (Lipinski definition) is 6. The minimum Gasteiger partial charge on any atom is -0.460 e. The molecule has 1 aliphatic rings. The molecule has 0 bridgehead atoms. The van der Waals surface area contributed by atoms with Gasteiger partial charge in [0.25, 0.3) is 5.78 Å². The summed E-state index contributed by atoms with van der Waals surface area (Å²) in [6, 6.07) is 3.19. The van der Waals surface area contributed by atoms with Gasteiger partial charge in [-0.3, -0.25) is 9.59 Å². The van der Waals surface area contributed by atoms with E-state index >= 15 is 0 Å². The number of rotatable bonds is 3. The summed E-state index contributed by atoms with van der Waals surface area (Å²) < 4.78 is 42.2. The highest BCUT2D eigenvalue weighted by Crippen LogP contribution is 2.30. The summed E-state index contributed by atoms with van der Waals surface area (Å²) in [5, 5.41) is 0. The number of esters is 1. The number of fused-ring (bicyclic) bond motifs is 1. The number of ketones is 2. The van der Waals surface area contributed by atoms with Gasteiger partial charge in [0.1, 0.15) is 16.6 Å². The van der Waals surface area contributed by atoms with Crippen LogP contribution in [0.4, 0.5) is 4.39 Å². The molecule has 0 aromatic heterocycles. The molecule has 0 saturated heterocycles. The molecule has 0 saturated carbocycles. The van der Waals surface area contributed by atoms with E-state index in [1.165, 1.54) is 13.0 Å². The van der Waals surface area contributed by atoms with E-state index in [0.29, 0.717) is 0 Å². The second-order valence-corrected chi connectivity index (χ2v) is 6.37. The van der Waals surface area contributed by atoms with Gasteiger partial charge in [-0.1, -0.05) is 6.07 Å². The third-order valence-electron chi connectivity index (χ3n) is 3.04. The van der Waals surface area contributed by atoms with Crippen LogP contribution in [0, 0.1) is 11.7 Å². The highest BCUT2D eigenvalue weighted by atomic mass is 32.2. The Morgan fingerprint density at radius 2 is 2.05 bits per heavy atom. The lowest BCUT2D eigenvalue weighted by Gasteiger charge is -2.22. The topological polar surface area (TPSA) is 94.6 Å². The molecule has 1 aromatic carbocycles. The quantitative estimate of drug-likeness (QED) is 0.459. The third kappa shape index (κ3) is 2.58. The zero-order valence-electron chi connectivity index (χ0n) is 11.0. The van der Waals surface area contributed by atoms with Crippen molar-refractivity contribution in [2.75, 3.05) is 12.4 Å². The molecule has 1 heterocycles. The fourth-order valence-electron chi connectivity index (χ4n) is 2.12. The maximum Gasteiger partial charge on any atom is 0.375 e. The monoisotopic (exact) mass is 314 g/mol. The lowest BCUT2D eigenvalue weighted by atomic mass is 9.94. The molecule has 0 spiro atoms. The summed E-state index contributed by atoms with van der Waals surface area (Å²) >= 11 is 0. The van der Waals surface area contributed by atoms with E-state index < -0.39 is 55.3 Å². The van der Waals surface area contributed by atoms with E-state index in [9.17, 15) is 27.2 Å². The molecular weight excluding hydrogens is 303 g/mol. The van der Waals surface area contributed by atoms with Gasteiger partial charge in [0.15, 0.2) is 15.6 Å². The van der Waals surface area contributed by atoms with E-state index in [2.05, 4.69) is 4.74 Å². The van der Waals surface area contributed by atoms with Gasteiger partial charge in [-0.2, -0.15) is 0 Å². The molecular formula is C13H11FO6S. The molecule has 6 nitrogen and oxygen atoms in total. The summed E-state index contributed by atoms with van der Waals surface area (Å²) in [7, 11) is -4.17. The summed E-state index contributed by atoms with van der Waals surface area (Å²) in [5.41, 5.74) is -0.413. The Hall–Kier alpha value is -2.09. The van der Waals surface area contributed by atoms with E-state index in [-0.39, 0.29) is 6.61 Å². The minimum absolute atomic E-state index is 0.0799. The van der Waals surface area contributed by atoms with Crippen LogP contribution in [0.5, 0.6) is 0 Å². The Balaban J connectivity index is 2.50. The molecule has 1 unspecified atom stereocenters. The van der Waals surface area contributed by atoms with Gasteiger partial charge in [0, 0.05) is 5.56 Å². The van der Waals surface area contributed by atoms with Gasteiger partial charge >= 0.3 is 5.97 Å². The van der Waals surface area contributed by atoms with Crippen LogP contribution in [-0.4, -0.2) is 38.3 Å². The Morgan fingerprint density at radius 3 is 2.67 bits per heavy atom. The number of benzene rings is 1. The first-order valence-electron chi connectivity index (χ1n) is 6.06. The van der Waals surface area contributed by atoms with E-state index in [4.69, 9.17) is 0 Å². The molecule has 0 aliphatic carbocycles. The largest absolute Gasteiger partial charge is 0.460 e. The highest BCUT2D eigenvalue weighted by molar-refractivity contribution is 7.91. The number of Topliss-reactive ketones (excluding diaryl/α,β-unsaturated/α-hetero) is 2. The zero-order valence-corrected chi connectivity index (χ0v) is 11.8. The number of ether oxygens (including phenoxy) is 1. The third-order valence-corrected chi connectivity index (χ3v) is 4.85. The fraction of sp³-hybridized carbons (Fsp3) is 0.308. The van der Waals surface area contributed by atoms with Gasteiger partial charge in [0.05, 0.1) is 12.4 Å². The SMILES string of the molecule is CCOC(=O)C(=O)C1CS(=O)(=O)c2c(F)cccc2C1=O. The number of halogens is 1. The van der Waals surface area contributed by atoms with Crippen molar-refractivity contribution in [3.05, 3.63) is 29.6 Å². The smallest absolute Gasteiger partial charge is 0.375 e.